The molecule has 28 heavy (non-hydrogen) atoms. The molecule has 148 valence electrons. The van der Waals surface area contributed by atoms with Gasteiger partial charge in [-0.1, -0.05) is 30.3 Å². The summed E-state index contributed by atoms with van der Waals surface area (Å²) in [6, 6.07) is 9.82. The number of hydrogen-bond acceptors (Lipinski definition) is 3. The second kappa shape index (κ2) is 7.88. The summed E-state index contributed by atoms with van der Waals surface area (Å²) in [6.45, 7) is 6.80. The molecule has 1 aromatic carbocycles. The van der Waals surface area contributed by atoms with Gasteiger partial charge in [-0.3, -0.25) is 10.00 Å². The van der Waals surface area contributed by atoms with Gasteiger partial charge in [-0.25, -0.2) is 9.48 Å². The summed E-state index contributed by atoms with van der Waals surface area (Å²) in [6.07, 6.45) is 6.36. The molecule has 0 spiro atoms. The first-order valence-corrected chi connectivity index (χ1v) is 9.39. The first kappa shape index (κ1) is 19.7. The molecule has 0 aliphatic rings. The third-order valence-corrected chi connectivity index (χ3v) is 4.56. The number of likely N-dealkylation sites (N-methyl/N-ethyl adjacent to an activating group) is 1. The van der Waals surface area contributed by atoms with Crippen molar-refractivity contribution in [3.05, 3.63) is 54.5 Å². The van der Waals surface area contributed by atoms with Gasteiger partial charge in [0.15, 0.2) is 0 Å². The lowest BCUT2D eigenvalue weighted by Gasteiger charge is -2.25. The molecule has 0 fully saturated rings. The molecule has 0 saturated heterocycles. The number of carbonyl (C=O) groups excluding carboxylic acids is 1. The first-order chi connectivity index (χ1) is 13.3. The molecule has 0 aliphatic carbocycles. The summed E-state index contributed by atoms with van der Waals surface area (Å²) in [5.74, 6) is 0.705. The van der Waals surface area contributed by atoms with Crippen LogP contribution in [0.1, 0.15) is 26.3 Å². The maximum Gasteiger partial charge on any atom is 0.322 e. The summed E-state index contributed by atoms with van der Waals surface area (Å²) in [7, 11) is 3.68. The Bertz CT molecular complexity index is 935. The van der Waals surface area contributed by atoms with Crippen LogP contribution in [0.3, 0.4) is 0 Å². The predicted molar refractivity (Wildman–Crippen MR) is 111 cm³/mol. The number of carbonyl (C=O) groups is 1. The van der Waals surface area contributed by atoms with E-state index in [-0.39, 0.29) is 11.6 Å². The number of urea groups is 1. The van der Waals surface area contributed by atoms with Crippen molar-refractivity contribution in [3.8, 4) is 11.1 Å². The van der Waals surface area contributed by atoms with Gasteiger partial charge < -0.3 is 4.90 Å². The van der Waals surface area contributed by atoms with E-state index in [0.717, 1.165) is 23.1 Å². The van der Waals surface area contributed by atoms with Crippen molar-refractivity contribution in [2.45, 2.75) is 32.7 Å². The van der Waals surface area contributed by atoms with Gasteiger partial charge in [-0.15, -0.1) is 0 Å². The fraction of sp³-hybridized carbons (Fsp3) is 0.381. The number of rotatable bonds is 5. The zero-order valence-corrected chi connectivity index (χ0v) is 17.2. The molecular formula is C21H28N6O. The van der Waals surface area contributed by atoms with Gasteiger partial charge in [0.2, 0.25) is 0 Å². The molecule has 0 aliphatic heterocycles. The van der Waals surface area contributed by atoms with Gasteiger partial charge in [0.1, 0.15) is 5.82 Å². The van der Waals surface area contributed by atoms with Crippen molar-refractivity contribution in [1.82, 2.24) is 24.5 Å². The van der Waals surface area contributed by atoms with E-state index in [1.807, 2.05) is 60.7 Å². The van der Waals surface area contributed by atoms with E-state index >= 15 is 0 Å². The molecule has 3 rings (SSSR count). The van der Waals surface area contributed by atoms with Crippen LogP contribution in [0.25, 0.3) is 11.1 Å². The SMILES string of the molecule is CN(CCc1cnn(C)c1)C(=O)Nc1c(-c2ccccc2)cnn1C(C)(C)C. The van der Waals surface area contributed by atoms with Gasteiger partial charge in [-0.05, 0) is 38.3 Å². The van der Waals surface area contributed by atoms with Gasteiger partial charge in [0.25, 0.3) is 0 Å². The molecule has 0 saturated carbocycles. The highest BCUT2D eigenvalue weighted by Crippen LogP contribution is 2.31. The van der Waals surface area contributed by atoms with Crippen LogP contribution in [0.4, 0.5) is 10.6 Å². The molecule has 2 heterocycles. The maximum atomic E-state index is 12.9. The molecule has 2 amide bonds. The van der Waals surface area contributed by atoms with Gasteiger partial charge in [0, 0.05) is 32.4 Å². The Kier molecular flexibility index (Phi) is 5.53. The lowest BCUT2D eigenvalue weighted by molar-refractivity contribution is 0.222. The molecule has 7 nitrogen and oxygen atoms in total. The van der Waals surface area contributed by atoms with Crippen LogP contribution in [0, 0.1) is 0 Å². The third-order valence-electron chi connectivity index (χ3n) is 4.56. The monoisotopic (exact) mass is 380 g/mol. The topological polar surface area (TPSA) is 68.0 Å². The van der Waals surface area contributed by atoms with Crippen LogP contribution < -0.4 is 5.32 Å². The van der Waals surface area contributed by atoms with E-state index in [0.29, 0.717) is 12.4 Å². The van der Waals surface area contributed by atoms with E-state index in [1.54, 1.807) is 16.6 Å². The summed E-state index contributed by atoms with van der Waals surface area (Å²) in [5.41, 5.74) is 2.77. The van der Waals surface area contributed by atoms with Crippen LogP contribution in [0.15, 0.2) is 48.9 Å². The highest BCUT2D eigenvalue weighted by atomic mass is 16.2. The van der Waals surface area contributed by atoms with Crippen molar-refractivity contribution in [2.75, 3.05) is 18.9 Å². The summed E-state index contributed by atoms with van der Waals surface area (Å²) < 4.78 is 3.63. The van der Waals surface area contributed by atoms with Crippen molar-refractivity contribution in [2.24, 2.45) is 7.05 Å². The summed E-state index contributed by atoms with van der Waals surface area (Å²) >= 11 is 0. The second-order valence-electron chi connectivity index (χ2n) is 7.98. The normalized spacial score (nSPS) is 11.5. The number of hydrogen-bond donors (Lipinski definition) is 1. The number of benzene rings is 1. The Labute approximate surface area is 166 Å². The Morgan fingerprint density at radius 3 is 2.46 bits per heavy atom. The highest BCUT2D eigenvalue weighted by molar-refractivity contribution is 5.93. The first-order valence-electron chi connectivity index (χ1n) is 9.39. The van der Waals surface area contributed by atoms with Crippen molar-refractivity contribution < 1.29 is 4.79 Å². The highest BCUT2D eigenvalue weighted by Gasteiger charge is 2.24. The van der Waals surface area contributed by atoms with Crippen LogP contribution in [-0.4, -0.2) is 44.1 Å². The predicted octanol–water partition coefficient (Wildman–Crippen LogP) is 3.75. The zero-order valence-electron chi connectivity index (χ0n) is 17.2. The minimum atomic E-state index is -0.260. The lowest BCUT2D eigenvalue weighted by Crippen LogP contribution is -2.35. The van der Waals surface area contributed by atoms with Gasteiger partial charge >= 0.3 is 6.03 Å². The second-order valence-corrected chi connectivity index (χ2v) is 7.98. The molecular weight excluding hydrogens is 352 g/mol. The molecule has 0 radical (unpaired) electrons. The maximum absolute atomic E-state index is 12.9. The number of amides is 2. The number of nitrogens with one attached hydrogen (secondary N) is 1. The molecule has 1 N–H and O–H groups in total. The van der Waals surface area contributed by atoms with Gasteiger partial charge in [-0.2, -0.15) is 10.2 Å². The number of anilines is 1. The number of aromatic nitrogens is 4. The average molecular weight is 380 g/mol. The number of nitrogens with zero attached hydrogens (tertiary/aromatic N) is 5. The Morgan fingerprint density at radius 2 is 1.86 bits per heavy atom. The largest absolute Gasteiger partial charge is 0.327 e. The van der Waals surface area contributed by atoms with E-state index < -0.39 is 0 Å². The minimum Gasteiger partial charge on any atom is -0.327 e. The van der Waals surface area contributed by atoms with Crippen molar-refractivity contribution in [1.29, 1.82) is 0 Å². The molecule has 2 aromatic heterocycles. The standard InChI is InChI=1S/C21H28N6O/c1-21(2,3)27-19(18(14-23-27)17-9-7-6-8-10-17)24-20(28)25(4)12-11-16-13-22-26(5)15-16/h6-10,13-15H,11-12H2,1-5H3,(H,24,28). The van der Waals surface area contributed by atoms with Crippen molar-refractivity contribution >= 4 is 11.8 Å². The van der Waals surface area contributed by atoms with Crippen molar-refractivity contribution in [3.63, 3.8) is 0 Å². The average Bonchev–Trinajstić information content (AvgIpc) is 3.26. The van der Waals surface area contributed by atoms with E-state index in [2.05, 4.69) is 36.3 Å². The van der Waals surface area contributed by atoms with Crippen LogP contribution in [-0.2, 0) is 19.0 Å². The van der Waals surface area contributed by atoms with Crippen LogP contribution in [0.5, 0.6) is 0 Å². The Balaban J connectivity index is 1.79. The molecule has 0 bridgehead atoms. The third kappa shape index (κ3) is 4.42. The minimum absolute atomic E-state index is 0.160. The Morgan fingerprint density at radius 1 is 1.14 bits per heavy atom. The van der Waals surface area contributed by atoms with E-state index in [9.17, 15) is 4.79 Å². The Hall–Kier alpha value is -3.09. The van der Waals surface area contributed by atoms with Gasteiger partial charge in [0.05, 0.1) is 17.9 Å². The molecule has 3 aromatic rings. The molecule has 0 unspecified atom stereocenters. The lowest BCUT2D eigenvalue weighted by atomic mass is 10.1. The fourth-order valence-corrected chi connectivity index (χ4v) is 3.00. The number of aryl methyl sites for hydroxylation is 1. The van der Waals surface area contributed by atoms with Crippen LogP contribution in [0.2, 0.25) is 0 Å². The fourth-order valence-electron chi connectivity index (χ4n) is 3.00. The smallest absolute Gasteiger partial charge is 0.322 e. The van der Waals surface area contributed by atoms with E-state index in [1.165, 1.54) is 0 Å². The van der Waals surface area contributed by atoms with E-state index in [4.69, 9.17) is 0 Å². The summed E-state index contributed by atoms with van der Waals surface area (Å²) in [4.78, 5) is 14.5. The van der Waals surface area contributed by atoms with Crippen LogP contribution >= 0.6 is 0 Å². The molecule has 7 heteroatoms. The summed E-state index contributed by atoms with van der Waals surface area (Å²) in [5, 5.41) is 11.8. The quantitative estimate of drug-likeness (QED) is 0.733. The molecule has 0 atom stereocenters. The zero-order chi connectivity index (χ0) is 20.3.